The van der Waals surface area contributed by atoms with Gasteiger partial charge in [0, 0.05) is 62.6 Å². The molecule has 0 atom stereocenters. The Kier molecular flexibility index (Phi) is 6.24. The Morgan fingerprint density at radius 1 is 1.23 bits per heavy atom. The van der Waals surface area contributed by atoms with Gasteiger partial charge in [0.25, 0.3) is 0 Å². The Labute approximate surface area is 178 Å². The van der Waals surface area contributed by atoms with Crippen molar-refractivity contribution >= 4 is 24.2 Å². The summed E-state index contributed by atoms with van der Waals surface area (Å²) in [5.74, 6) is 0.386. The highest BCUT2D eigenvalue weighted by atomic mass is 32.2. The summed E-state index contributed by atoms with van der Waals surface area (Å²) in [6.45, 7) is 4.85. The van der Waals surface area contributed by atoms with Gasteiger partial charge in [0.05, 0.1) is 18.4 Å². The molecule has 156 valence electrons. The molecule has 0 aliphatic carbocycles. The number of amides is 1. The molecule has 3 heterocycles. The van der Waals surface area contributed by atoms with Crippen molar-refractivity contribution in [2.45, 2.75) is 13.5 Å². The number of rotatable bonds is 7. The Bertz CT molecular complexity index is 994. The molecule has 4 rings (SSSR count). The van der Waals surface area contributed by atoms with Crippen LogP contribution in [0.25, 0.3) is 11.5 Å². The number of hydrogen-bond acceptors (Lipinski definition) is 8. The summed E-state index contributed by atoms with van der Waals surface area (Å²) in [6.07, 6.45) is 4.34. The molecular formula is C20H21FN6O2S. The number of aryl methyl sites for hydroxylation is 1. The number of carbonyl (C=O) groups excluding carboxylic acids is 1. The Morgan fingerprint density at radius 2 is 2.07 bits per heavy atom. The fourth-order valence-electron chi connectivity index (χ4n) is 3.08. The number of hydrogen-bond donors (Lipinski definition) is 0. The maximum Gasteiger partial charge on any atom is 0.247 e. The zero-order chi connectivity index (χ0) is 20.9. The van der Waals surface area contributed by atoms with Crippen molar-refractivity contribution in [3.8, 4) is 11.5 Å². The molecule has 2 aromatic heterocycles. The second kappa shape index (κ2) is 9.23. The van der Waals surface area contributed by atoms with Crippen LogP contribution in [0.1, 0.15) is 11.5 Å². The lowest BCUT2D eigenvalue weighted by molar-refractivity contribution is -0.119. The van der Waals surface area contributed by atoms with Gasteiger partial charge in [0.1, 0.15) is 5.82 Å². The van der Waals surface area contributed by atoms with Gasteiger partial charge >= 0.3 is 0 Å². The predicted octanol–water partition coefficient (Wildman–Crippen LogP) is 2.92. The van der Waals surface area contributed by atoms with Gasteiger partial charge in [-0.05, 0) is 24.3 Å². The highest BCUT2D eigenvalue weighted by Gasteiger charge is 2.21. The van der Waals surface area contributed by atoms with Crippen LogP contribution in [-0.4, -0.2) is 57.0 Å². The minimum absolute atomic E-state index is 0.296. The summed E-state index contributed by atoms with van der Waals surface area (Å²) in [5, 5.41) is 7.74. The molecule has 1 saturated heterocycles. The lowest BCUT2D eigenvalue weighted by atomic mass is 10.1. The van der Waals surface area contributed by atoms with E-state index in [1.165, 1.54) is 18.2 Å². The SMILES string of the molecule is Cc1nnc(-c2ccc(CN(SN3CCN(C=O)CC3)c3cccnc3)c(F)c2)o1. The van der Waals surface area contributed by atoms with Crippen molar-refractivity contribution in [3.05, 3.63) is 60.0 Å². The molecule has 8 nitrogen and oxygen atoms in total. The van der Waals surface area contributed by atoms with Crippen LogP contribution in [0.2, 0.25) is 0 Å². The average Bonchev–Trinajstić information content (AvgIpc) is 3.22. The third-order valence-corrected chi connectivity index (χ3v) is 5.84. The first-order valence-corrected chi connectivity index (χ1v) is 10.2. The zero-order valence-corrected chi connectivity index (χ0v) is 17.3. The summed E-state index contributed by atoms with van der Waals surface area (Å²) < 4.78 is 24.4. The zero-order valence-electron chi connectivity index (χ0n) is 16.4. The largest absolute Gasteiger partial charge is 0.421 e. The van der Waals surface area contributed by atoms with Gasteiger partial charge in [-0.1, -0.05) is 6.07 Å². The van der Waals surface area contributed by atoms with Crippen molar-refractivity contribution in [2.75, 3.05) is 30.5 Å². The topological polar surface area (TPSA) is 78.6 Å². The van der Waals surface area contributed by atoms with Gasteiger partial charge in [-0.15, -0.1) is 10.2 Å². The van der Waals surface area contributed by atoms with E-state index in [0.717, 1.165) is 25.2 Å². The number of piperazine rings is 1. The lowest BCUT2D eigenvalue weighted by Crippen LogP contribution is -2.44. The molecule has 1 aliphatic rings. The normalized spacial score (nSPS) is 14.7. The van der Waals surface area contributed by atoms with Crippen LogP contribution in [-0.2, 0) is 11.3 Å². The minimum atomic E-state index is -0.344. The average molecular weight is 428 g/mol. The number of aromatic nitrogens is 3. The minimum Gasteiger partial charge on any atom is -0.421 e. The Balaban J connectivity index is 1.52. The van der Waals surface area contributed by atoms with Crippen molar-refractivity contribution in [2.24, 2.45) is 0 Å². The third-order valence-electron chi connectivity index (χ3n) is 4.71. The van der Waals surface area contributed by atoms with Crippen molar-refractivity contribution < 1.29 is 13.6 Å². The quantitative estimate of drug-likeness (QED) is 0.420. The standard InChI is InChI=1S/C20H21FN6O2S/c1-15-23-24-20(29-15)16-4-5-17(19(21)11-16)13-27(18-3-2-6-22-12-18)30-26-9-7-25(14-28)8-10-26/h2-6,11-12,14H,7-10,13H2,1H3. The molecule has 1 aliphatic heterocycles. The van der Waals surface area contributed by atoms with Gasteiger partial charge in [0.15, 0.2) is 0 Å². The summed E-state index contributed by atoms with van der Waals surface area (Å²) in [4.78, 5) is 16.9. The molecule has 0 N–H and O–H groups in total. The number of carbonyl (C=O) groups is 1. The van der Waals surface area contributed by atoms with Gasteiger partial charge in [-0.2, -0.15) is 0 Å². The smallest absolute Gasteiger partial charge is 0.247 e. The third kappa shape index (κ3) is 4.77. The summed E-state index contributed by atoms with van der Waals surface area (Å²) in [6, 6.07) is 8.72. The van der Waals surface area contributed by atoms with Crippen LogP contribution >= 0.6 is 12.1 Å². The number of pyridine rings is 1. The highest BCUT2D eigenvalue weighted by Crippen LogP contribution is 2.29. The van der Waals surface area contributed by atoms with E-state index in [4.69, 9.17) is 4.42 Å². The Hall–Kier alpha value is -2.98. The molecule has 30 heavy (non-hydrogen) atoms. The van der Waals surface area contributed by atoms with E-state index in [0.29, 0.717) is 42.5 Å². The van der Waals surface area contributed by atoms with Crippen LogP contribution < -0.4 is 4.31 Å². The van der Waals surface area contributed by atoms with E-state index >= 15 is 0 Å². The van der Waals surface area contributed by atoms with Gasteiger partial charge in [-0.3, -0.25) is 14.1 Å². The van der Waals surface area contributed by atoms with E-state index in [1.54, 1.807) is 36.4 Å². The molecule has 10 heteroatoms. The fraction of sp³-hybridized carbons (Fsp3) is 0.300. The van der Waals surface area contributed by atoms with Crippen LogP contribution in [0, 0.1) is 12.7 Å². The maximum absolute atomic E-state index is 14.9. The summed E-state index contributed by atoms with van der Waals surface area (Å²) in [7, 11) is 0. The number of halogens is 1. The van der Waals surface area contributed by atoms with Crippen molar-refractivity contribution in [1.29, 1.82) is 0 Å². The van der Waals surface area contributed by atoms with Crippen LogP contribution in [0.4, 0.5) is 10.1 Å². The van der Waals surface area contributed by atoms with E-state index in [-0.39, 0.29) is 5.82 Å². The maximum atomic E-state index is 14.9. The van der Waals surface area contributed by atoms with E-state index in [1.807, 2.05) is 16.4 Å². The molecule has 3 aromatic rings. The second-order valence-corrected chi connectivity index (χ2v) is 7.95. The van der Waals surface area contributed by atoms with E-state index in [2.05, 4.69) is 19.5 Å². The number of benzene rings is 1. The van der Waals surface area contributed by atoms with Crippen LogP contribution in [0.3, 0.4) is 0 Å². The van der Waals surface area contributed by atoms with Crippen LogP contribution in [0.15, 0.2) is 47.1 Å². The Morgan fingerprint density at radius 3 is 2.70 bits per heavy atom. The van der Waals surface area contributed by atoms with Crippen LogP contribution in [0.5, 0.6) is 0 Å². The lowest BCUT2D eigenvalue weighted by Gasteiger charge is -2.35. The second-order valence-electron chi connectivity index (χ2n) is 6.83. The molecule has 0 saturated carbocycles. The monoisotopic (exact) mass is 428 g/mol. The first-order valence-electron chi connectivity index (χ1n) is 9.51. The number of nitrogens with zero attached hydrogens (tertiary/aromatic N) is 6. The van der Waals surface area contributed by atoms with Gasteiger partial charge in [0.2, 0.25) is 18.2 Å². The first kappa shape index (κ1) is 20.3. The highest BCUT2D eigenvalue weighted by molar-refractivity contribution is 7.98. The molecule has 1 amide bonds. The molecule has 0 bridgehead atoms. The van der Waals surface area contributed by atoms with Crippen molar-refractivity contribution in [1.82, 2.24) is 24.4 Å². The molecule has 0 spiro atoms. The first-order chi connectivity index (χ1) is 14.6. The van der Waals surface area contributed by atoms with E-state index in [9.17, 15) is 9.18 Å². The predicted molar refractivity (Wildman–Crippen MR) is 112 cm³/mol. The molecule has 1 aromatic carbocycles. The molecular weight excluding hydrogens is 407 g/mol. The van der Waals surface area contributed by atoms with Gasteiger partial charge < -0.3 is 9.32 Å². The molecule has 0 radical (unpaired) electrons. The summed E-state index contributed by atoms with van der Waals surface area (Å²) >= 11 is 1.52. The number of anilines is 1. The van der Waals surface area contributed by atoms with Crippen molar-refractivity contribution in [3.63, 3.8) is 0 Å². The fourth-order valence-corrected chi connectivity index (χ4v) is 4.08. The molecule has 0 unspecified atom stereocenters. The van der Waals surface area contributed by atoms with E-state index < -0.39 is 0 Å². The molecule has 1 fully saturated rings. The summed E-state index contributed by atoms with van der Waals surface area (Å²) in [5.41, 5.74) is 1.96. The van der Waals surface area contributed by atoms with Gasteiger partial charge in [-0.25, -0.2) is 8.70 Å².